The van der Waals surface area contributed by atoms with E-state index in [1.165, 1.54) is 11.3 Å². The smallest absolute Gasteiger partial charge is 0.271 e. The Morgan fingerprint density at radius 3 is 2.44 bits per heavy atom. The summed E-state index contributed by atoms with van der Waals surface area (Å²) in [4.78, 5) is 25.4. The van der Waals surface area contributed by atoms with Gasteiger partial charge in [-0.1, -0.05) is 63.4 Å². The molecule has 0 aliphatic carbocycles. The second kappa shape index (κ2) is 9.65. The molecule has 0 spiro atoms. The maximum Gasteiger partial charge on any atom is 0.271 e. The lowest BCUT2D eigenvalue weighted by molar-refractivity contribution is 0.0954. The first-order chi connectivity index (χ1) is 15.4. The standard InChI is InChI=1S/C24H17BrClN3O2S/c1-14-2-4-15(5-3-14)13-27-29-23(30)16-6-9-18(10-7-16)28-24(31)22-21(26)19-11-8-17(25)12-20(19)32-22/h2-13H,1H3,(H,28,31)(H,29,30)/b27-13-. The summed E-state index contributed by atoms with van der Waals surface area (Å²) >= 11 is 11.2. The average molecular weight is 527 g/mol. The minimum Gasteiger partial charge on any atom is -0.321 e. The van der Waals surface area contributed by atoms with E-state index in [-0.39, 0.29) is 11.8 Å². The van der Waals surface area contributed by atoms with Gasteiger partial charge in [-0.15, -0.1) is 11.3 Å². The monoisotopic (exact) mass is 525 g/mol. The predicted molar refractivity (Wildman–Crippen MR) is 135 cm³/mol. The number of hydrogen-bond acceptors (Lipinski definition) is 4. The topological polar surface area (TPSA) is 70.6 Å². The van der Waals surface area contributed by atoms with Crippen molar-refractivity contribution in [3.05, 3.63) is 97.8 Å². The van der Waals surface area contributed by atoms with Gasteiger partial charge < -0.3 is 5.32 Å². The molecule has 0 aliphatic rings. The normalized spacial score (nSPS) is 11.1. The highest BCUT2D eigenvalue weighted by Crippen LogP contribution is 2.37. The van der Waals surface area contributed by atoms with Crippen LogP contribution in [-0.4, -0.2) is 18.0 Å². The van der Waals surface area contributed by atoms with Crippen LogP contribution in [0.2, 0.25) is 5.02 Å². The van der Waals surface area contributed by atoms with Gasteiger partial charge in [0, 0.05) is 25.8 Å². The fourth-order valence-corrected chi connectivity index (χ4v) is 4.92. The SMILES string of the molecule is Cc1ccc(/C=N\NC(=O)c2ccc(NC(=O)c3sc4cc(Br)ccc4c3Cl)cc2)cc1. The van der Waals surface area contributed by atoms with E-state index >= 15 is 0 Å². The molecule has 2 N–H and O–H groups in total. The van der Waals surface area contributed by atoms with Gasteiger partial charge >= 0.3 is 0 Å². The number of hydrogen-bond donors (Lipinski definition) is 2. The molecule has 2 amide bonds. The molecule has 0 saturated carbocycles. The number of thiophene rings is 1. The Bertz CT molecular complexity index is 1330. The van der Waals surface area contributed by atoms with E-state index in [1.807, 2.05) is 49.4 Å². The number of fused-ring (bicyclic) bond motifs is 1. The third-order valence-electron chi connectivity index (χ3n) is 4.66. The second-order valence-electron chi connectivity index (χ2n) is 7.03. The number of halogens is 2. The second-order valence-corrected chi connectivity index (χ2v) is 9.37. The van der Waals surface area contributed by atoms with E-state index in [1.54, 1.807) is 30.5 Å². The Morgan fingerprint density at radius 1 is 1.00 bits per heavy atom. The number of benzene rings is 3. The number of aryl methyl sites for hydroxylation is 1. The molecule has 1 aromatic heterocycles. The van der Waals surface area contributed by atoms with E-state index < -0.39 is 0 Å². The molecule has 160 valence electrons. The van der Waals surface area contributed by atoms with Gasteiger partial charge in [-0.3, -0.25) is 9.59 Å². The van der Waals surface area contributed by atoms with Gasteiger partial charge in [0.15, 0.2) is 0 Å². The van der Waals surface area contributed by atoms with Crippen molar-refractivity contribution >= 4 is 72.7 Å². The van der Waals surface area contributed by atoms with E-state index in [4.69, 9.17) is 11.6 Å². The van der Waals surface area contributed by atoms with Crippen molar-refractivity contribution in [1.82, 2.24) is 5.43 Å². The van der Waals surface area contributed by atoms with Crippen molar-refractivity contribution in [3.63, 3.8) is 0 Å². The van der Waals surface area contributed by atoms with Crippen molar-refractivity contribution in [2.75, 3.05) is 5.32 Å². The highest BCUT2D eigenvalue weighted by Gasteiger charge is 2.17. The molecule has 32 heavy (non-hydrogen) atoms. The largest absolute Gasteiger partial charge is 0.321 e. The van der Waals surface area contributed by atoms with E-state index in [9.17, 15) is 9.59 Å². The molecule has 3 aromatic carbocycles. The third kappa shape index (κ3) is 5.07. The molecule has 4 aromatic rings. The van der Waals surface area contributed by atoms with Crippen LogP contribution in [0.4, 0.5) is 5.69 Å². The molecule has 8 heteroatoms. The van der Waals surface area contributed by atoms with E-state index in [0.29, 0.717) is 21.2 Å². The number of carbonyl (C=O) groups is 2. The quantitative estimate of drug-likeness (QED) is 0.226. The summed E-state index contributed by atoms with van der Waals surface area (Å²) in [6, 6.07) is 20.0. The number of amides is 2. The zero-order valence-corrected chi connectivity index (χ0v) is 20.0. The molecular weight excluding hydrogens is 510 g/mol. The summed E-state index contributed by atoms with van der Waals surface area (Å²) in [5, 5.41) is 8.07. The Morgan fingerprint density at radius 2 is 1.72 bits per heavy atom. The minimum atomic E-state index is -0.343. The zero-order chi connectivity index (χ0) is 22.7. The lowest BCUT2D eigenvalue weighted by Gasteiger charge is -2.05. The zero-order valence-electron chi connectivity index (χ0n) is 16.9. The van der Waals surface area contributed by atoms with Crippen LogP contribution in [-0.2, 0) is 0 Å². The number of hydrazone groups is 1. The number of anilines is 1. The van der Waals surface area contributed by atoms with Crippen LogP contribution in [0, 0.1) is 6.92 Å². The van der Waals surface area contributed by atoms with Crippen LogP contribution in [0.3, 0.4) is 0 Å². The van der Waals surface area contributed by atoms with Gasteiger partial charge in [0.25, 0.3) is 11.8 Å². The lowest BCUT2D eigenvalue weighted by atomic mass is 10.2. The first kappa shape index (κ1) is 22.2. The van der Waals surface area contributed by atoms with Gasteiger partial charge in [-0.05, 0) is 48.9 Å². The third-order valence-corrected chi connectivity index (χ3v) is 6.81. The Kier molecular flexibility index (Phi) is 6.69. The van der Waals surface area contributed by atoms with Crippen LogP contribution < -0.4 is 10.7 Å². The van der Waals surface area contributed by atoms with E-state index in [0.717, 1.165) is 25.7 Å². The molecule has 0 atom stereocenters. The number of carbonyl (C=O) groups excluding carboxylic acids is 2. The average Bonchev–Trinajstić information content (AvgIpc) is 3.11. The van der Waals surface area contributed by atoms with Crippen LogP contribution in [0.25, 0.3) is 10.1 Å². The maximum atomic E-state index is 12.7. The summed E-state index contributed by atoms with van der Waals surface area (Å²) in [7, 11) is 0. The van der Waals surface area contributed by atoms with Gasteiger partial charge in [0.2, 0.25) is 0 Å². The van der Waals surface area contributed by atoms with Gasteiger partial charge in [-0.25, -0.2) is 5.43 Å². The molecule has 5 nitrogen and oxygen atoms in total. The van der Waals surface area contributed by atoms with E-state index in [2.05, 4.69) is 31.8 Å². The lowest BCUT2D eigenvalue weighted by Crippen LogP contribution is -2.17. The number of nitrogens with zero attached hydrogens (tertiary/aromatic N) is 1. The van der Waals surface area contributed by atoms with Crippen molar-refractivity contribution in [3.8, 4) is 0 Å². The highest BCUT2D eigenvalue weighted by atomic mass is 79.9. The molecule has 0 aliphatic heterocycles. The van der Waals surface area contributed by atoms with Crippen LogP contribution in [0.15, 0.2) is 76.3 Å². The minimum absolute atomic E-state index is 0.299. The van der Waals surface area contributed by atoms with Gasteiger partial charge in [-0.2, -0.15) is 5.10 Å². The van der Waals surface area contributed by atoms with Crippen molar-refractivity contribution in [2.24, 2.45) is 5.10 Å². The number of nitrogens with one attached hydrogen (secondary N) is 2. The Balaban J connectivity index is 1.40. The van der Waals surface area contributed by atoms with Crippen molar-refractivity contribution in [2.45, 2.75) is 6.92 Å². The fraction of sp³-hybridized carbons (Fsp3) is 0.0417. The molecule has 1 heterocycles. The Hall–Kier alpha value is -3.00. The summed E-state index contributed by atoms with van der Waals surface area (Å²) in [6.45, 7) is 2.00. The van der Waals surface area contributed by atoms with Crippen LogP contribution in [0.5, 0.6) is 0 Å². The molecule has 0 unspecified atom stereocenters. The molecule has 4 rings (SSSR count). The number of rotatable bonds is 5. The predicted octanol–water partition coefficient (Wildman–Crippen LogP) is 6.64. The van der Waals surface area contributed by atoms with Crippen LogP contribution >= 0.6 is 38.9 Å². The van der Waals surface area contributed by atoms with Crippen LogP contribution in [0.1, 0.15) is 31.2 Å². The molecule has 0 radical (unpaired) electrons. The summed E-state index contributed by atoms with van der Waals surface area (Å²) in [6.07, 6.45) is 1.58. The van der Waals surface area contributed by atoms with Gasteiger partial charge in [0.1, 0.15) is 4.88 Å². The first-order valence-electron chi connectivity index (χ1n) is 9.60. The highest BCUT2D eigenvalue weighted by molar-refractivity contribution is 9.10. The summed E-state index contributed by atoms with van der Waals surface area (Å²) in [5.41, 5.74) is 5.53. The first-order valence-corrected chi connectivity index (χ1v) is 11.6. The Labute approximate surface area is 202 Å². The van der Waals surface area contributed by atoms with Crippen molar-refractivity contribution in [1.29, 1.82) is 0 Å². The van der Waals surface area contributed by atoms with Crippen molar-refractivity contribution < 1.29 is 9.59 Å². The fourth-order valence-electron chi connectivity index (χ4n) is 2.96. The molecule has 0 fully saturated rings. The van der Waals surface area contributed by atoms with Gasteiger partial charge in [0.05, 0.1) is 11.2 Å². The molecule has 0 saturated heterocycles. The molecule has 0 bridgehead atoms. The maximum absolute atomic E-state index is 12.7. The summed E-state index contributed by atoms with van der Waals surface area (Å²) in [5.74, 6) is -0.642. The summed E-state index contributed by atoms with van der Waals surface area (Å²) < 4.78 is 1.85. The molecular formula is C24H17BrClN3O2S.